The number of fused-ring (bicyclic) bond motifs is 3. The van der Waals surface area contributed by atoms with E-state index in [-0.39, 0.29) is 5.39 Å². The van der Waals surface area contributed by atoms with Gasteiger partial charge in [0.05, 0.1) is 16.6 Å². The van der Waals surface area contributed by atoms with Crippen LogP contribution in [0.5, 0.6) is 0 Å². The summed E-state index contributed by atoms with van der Waals surface area (Å²) in [6, 6.07) is 3.81. The molecule has 0 aliphatic carbocycles. The highest BCUT2D eigenvalue weighted by Crippen LogP contribution is 2.37. The van der Waals surface area contributed by atoms with Gasteiger partial charge in [0.2, 0.25) is 0 Å². The van der Waals surface area contributed by atoms with Gasteiger partial charge in [-0.2, -0.15) is 13.2 Å². The Morgan fingerprint density at radius 2 is 1.50 bits per heavy atom. The third-order valence-corrected chi connectivity index (χ3v) is 4.47. The van der Waals surface area contributed by atoms with Crippen LogP contribution in [0.25, 0.3) is 21.8 Å². The van der Waals surface area contributed by atoms with E-state index in [1.165, 1.54) is 17.7 Å². The van der Waals surface area contributed by atoms with Crippen molar-refractivity contribution < 1.29 is 13.2 Å². The van der Waals surface area contributed by atoms with Crippen molar-refractivity contribution in [3.63, 3.8) is 0 Å². The van der Waals surface area contributed by atoms with Crippen molar-refractivity contribution >= 4 is 21.8 Å². The van der Waals surface area contributed by atoms with E-state index in [9.17, 15) is 18.0 Å². The molecule has 3 aromatic rings. The van der Waals surface area contributed by atoms with Crippen LogP contribution < -0.4 is 5.56 Å². The molecule has 22 heavy (non-hydrogen) atoms. The number of nitrogens with zero attached hydrogens (tertiary/aromatic N) is 2. The molecule has 2 heterocycles. The molecule has 0 saturated heterocycles. The molecule has 0 bridgehead atoms. The molecule has 3 nitrogen and oxygen atoms in total. The van der Waals surface area contributed by atoms with Gasteiger partial charge in [-0.3, -0.25) is 4.79 Å². The van der Waals surface area contributed by atoms with Crippen LogP contribution in [0.4, 0.5) is 13.2 Å². The van der Waals surface area contributed by atoms with Crippen molar-refractivity contribution in [3.8, 4) is 0 Å². The van der Waals surface area contributed by atoms with Crippen molar-refractivity contribution in [1.82, 2.24) is 9.13 Å². The van der Waals surface area contributed by atoms with Gasteiger partial charge in [0.25, 0.3) is 5.56 Å². The molecule has 3 rings (SSSR count). The Kier molecular flexibility index (Phi) is 2.92. The molecular weight excluding hydrogens is 293 g/mol. The highest BCUT2D eigenvalue weighted by Gasteiger charge is 2.34. The number of hydrogen-bond acceptors (Lipinski definition) is 1. The summed E-state index contributed by atoms with van der Waals surface area (Å²) < 4.78 is 42.9. The molecule has 0 fully saturated rings. The highest BCUT2D eigenvalue weighted by atomic mass is 19.4. The predicted molar refractivity (Wildman–Crippen MR) is 80.1 cm³/mol. The first-order valence-electron chi connectivity index (χ1n) is 6.80. The zero-order chi connectivity index (χ0) is 16.4. The van der Waals surface area contributed by atoms with E-state index in [1.807, 2.05) is 18.4 Å². The lowest BCUT2D eigenvalue weighted by Crippen LogP contribution is -2.21. The van der Waals surface area contributed by atoms with Crippen LogP contribution in [0.2, 0.25) is 0 Å². The lowest BCUT2D eigenvalue weighted by Gasteiger charge is -2.14. The molecule has 0 atom stereocenters. The molecule has 0 aliphatic rings. The summed E-state index contributed by atoms with van der Waals surface area (Å²) in [6.45, 7) is 3.84. The molecule has 116 valence electrons. The normalized spacial score (nSPS) is 12.5. The average Bonchev–Trinajstić information content (AvgIpc) is 2.66. The minimum absolute atomic E-state index is 0.0442. The number of alkyl halides is 3. The molecule has 0 radical (unpaired) electrons. The summed E-state index contributed by atoms with van der Waals surface area (Å²) in [5.74, 6) is 0. The highest BCUT2D eigenvalue weighted by molar-refractivity contribution is 6.06. The summed E-state index contributed by atoms with van der Waals surface area (Å²) in [7, 11) is 3.30. The predicted octanol–water partition coefficient (Wildman–Crippen LogP) is 3.67. The first-order chi connectivity index (χ1) is 10.1. The monoisotopic (exact) mass is 308 g/mol. The van der Waals surface area contributed by atoms with Gasteiger partial charge in [-0.05, 0) is 19.4 Å². The molecular formula is C16H15F3N2O. The first kappa shape index (κ1) is 14.7. The lowest BCUT2D eigenvalue weighted by molar-refractivity contribution is -0.136. The summed E-state index contributed by atoms with van der Waals surface area (Å²) in [5, 5.41) is 0.907. The number of halogens is 3. The van der Waals surface area contributed by atoms with E-state index in [0.717, 1.165) is 16.6 Å². The molecule has 1 aromatic carbocycles. The van der Waals surface area contributed by atoms with Crippen molar-refractivity contribution in [2.45, 2.75) is 20.0 Å². The molecule has 0 amide bonds. The fourth-order valence-electron chi connectivity index (χ4n) is 3.04. The SMILES string of the molecule is Cc1c(C)n(C)c2c1ccc1c(C(F)(F)F)cc(=O)n(C)c12. The van der Waals surface area contributed by atoms with Crippen molar-refractivity contribution in [3.05, 3.63) is 45.4 Å². The van der Waals surface area contributed by atoms with Crippen molar-refractivity contribution in [2.24, 2.45) is 14.1 Å². The van der Waals surface area contributed by atoms with E-state index in [4.69, 9.17) is 0 Å². The van der Waals surface area contributed by atoms with E-state index < -0.39 is 17.3 Å². The van der Waals surface area contributed by atoms with E-state index >= 15 is 0 Å². The van der Waals surface area contributed by atoms with E-state index in [1.54, 1.807) is 13.1 Å². The van der Waals surface area contributed by atoms with Gasteiger partial charge in [0, 0.05) is 36.6 Å². The lowest BCUT2D eigenvalue weighted by atomic mass is 10.0. The van der Waals surface area contributed by atoms with Gasteiger partial charge in [-0.1, -0.05) is 12.1 Å². The number of benzene rings is 1. The summed E-state index contributed by atoms with van der Waals surface area (Å²) in [5.41, 5.74) is 1.39. The summed E-state index contributed by atoms with van der Waals surface area (Å²) >= 11 is 0. The zero-order valence-corrected chi connectivity index (χ0v) is 12.7. The topological polar surface area (TPSA) is 26.9 Å². The number of hydrogen-bond donors (Lipinski definition) is 0. The third kappa shape index (κ3) is 1.79. The van der Waals surface area contributed by atoms with Crippen molar-refractivity contribution in [2.75, 3.05) is 0 Å². The van der Waals surface area contributed by atoms with E-state index in [0.29, 0.717) is 17.1 Å². The van der Waals surface area contributed by atoms with E-state index in [2.05, 4.69) is 0 Å². The number of aromatic nitrogens is 2. The maximum absolute atomic E-state index is 13.3. The number of pyridine rings is 1. The minimum Gasteiger partial charge on any atom is -0.346 e. The van der Waals surface area contributed by atoms with Crippen LogP contribution in [0.1, 0.15) is 16.8 Å². The van der Waals surface area contributed by atoms with Crippen LogP contribution in [-0.2, 0) is 20.3 Å². The van der Waals surface area contributed by atoms with Crippen LogP contribution in [0.3, 0.4) is 0 Å². The zero-order valence-electron chi connectivity index (χ0n) is 12.7. The van der Waals surface area contributed by atoms with Gasteiger partial charge in [0.1, 0.15) is 0 Å². The van der Waals surface area contributed by atoms with Gasteiger partial charge in [0.15, 0.2) is 0 Å². The van der Waals surface area contributed by atoms with Gasteiger partial charge >= 0.3 is 6.18 Å². The number of aryl methyl sites for hydroxylation is 3. The fourth-order valence-corrected chi connectivity index (χ4v) is 3.04. The van der Waals surface area contributed by atoms with Gasteiger partial charge < -0.3 is 9.13 Å². The second-order valence-corrected chi connectivity index (χ2v) is 5.58. The van der Waals surface area contributed by atoms with Gasteiger partial charge in [-0.15, -0.1) is 0 Å². The van der Waals surface area contributed by atoms with Crippen LogP contribution in [0.15, 0.2) is 23.0 Å². The van der Waals surface area contributed by atoms with Crippen LogP contribution in [-0.4, -0.2) is 9.13 Å². The molecule has 0 aliphatic heterocycles. The Labute approximate surface area is 124 Å². The van der Waals surface area contributed by atoms with Crippen LogP contribution >= 0.6 is 0 Å². The minimum atomic E-state index is -4.56. The maximum Gasteiger partial charge on any atom is 0.417 e. The second kappa shape index (κ2) is 4.38. The standard InChI is InChI=1S/C16H15F3N2O/c1-8-9(2)20(3)14-10(8)5-6-11-12(16(17,18)19)7-13(22)21(4)15(11)14/h5-7H,1-4H3. The quantitative estimate of drug-likeness (QED) is 0.622. The Bertz CT molecular complexity index is 977. The largest absolute Gasteiger partial charge is 0.417 e. The average molecular weight is 308 g/mol. The molecule has 2 aromatic heterocycles. The molecule has 0 spiro atoms. The Hall–Kier alpha value is -2.24. The first-order valence-corrected chi connectivity index (χ1v) is 6.80. The molecule has 0 saturated carbocycles. The Balaban J connectivity index is 2.69. The Morgan fingerprint density at radius 1 is 0.955 bits per heavy atom. The smallest absolute Gasteiger partial charge is 0.346 e. The van der Waals surface area contributed by atoms with Crippen LogP contribution in [0, 0.1) is 13.8 Å². The number of rotatable bonds is 0. The fraction of sp³-hybridized carbons (Fsp3) is 0.312. The molecule has 6 heteroatoms. The maximum atomic E-state index is 13.3. The van der Waals surface area contributed by atoms with Gasteiger partial charge in [-0.25, -0.2) is 0 Å². The third-order valence-electron chi connectivity index (χ3n) is 4.47. The summed E-state index contributed by atoms with van der Waals surface area (Å²) in [4.78, 5) is 12.0. The Morgan fingerprint density at radius 3 is 2.09 bits per heavy atom. The second-order valence-electron chi connectivity index (χ2n) is 5.58. The molecule has 0 N–H and O–H groups in total. The van der Waals surface area contributed by atoms with Crippen molar-refractivity contribution in [1.29, 1.82) is 0 Å². The molecule has 0 unspecified atom stereocenters. The summed E-state index contributed by atoms with van der Waals surface area (Å²) in [6.07, 6.45) is -4.56.